The van der Waals surface area contributed by atoms with Gasteiger partial charge in [-0.2, -0.15) is 0 Å². The van der Waals surface area contributed by atoms with E-state index in [2.05, 4.69) is 67.0 Å². The number of piperidine rings is 1. The molecule has 1 aliphatic carbocycles. The number of fused-ring (bicyclic) bond motifs is 2. The first-order valence-corrected chi connectivity index (χ1v) is 21.6. The molecule has 18 heteroatoms. The first-order valence-electron chi connectivity index (χ1n) is 21.6. The van der Waals surface area contributed by atoms with E-state index in [-0.39, 0.29) is 48.7 Å². The third kappa shape index (κ3) is 8.34. The zero-order valence-corrected chi connectivity index (χ0v) is 36.2. The number of nitrogens with one attached hydrogen (secondary N) is 4. The SMILES string of the molecule is COC(=O)N[C@@H](Cc1nccn1C)C(=O)N1CCC[C@H]1c1ncc(-c2ccc(-c3ccc(-c4cnc([C@H]5[C@H]6CC[C@@H](C6)N5C(=O)[C@@H](Cc5nccn5C)NC(=O)OC)[nH]4)cc3)cc2)[nH]1. The minimum Gasteiger partial charge on any atom is -0.453 e. The van der Waals surface area contributed by atoms with Crippen LogP contribution in [-0.2, 0) is 46.0 Å². The average Bonchev–Trinajstić information content (AvgIpc) is 4.18. The third-order valence-corrected chi connectivity index (χ3v) is 13.1. The molecule has 9 rings (SSSR count). The van der Waals surface area contributed by atoms with E-state index in [1.807, 2.05) is 52.7 Å². The highest BCUT2D eigenvalue weighted by atomic mass is 16.5. The number of amides is 4. The number of aromatic amines is 2. The van der Waals surface area contributed by atoms with Crippen molar-refractivity contribution in [1.29, 1.82) is 0 Å². The van der Waals surface area contributed by atoms with E-state index < -0.39 is 24.3 Å². The van der Waals surface area contributed by atoms with Crippen LogP contribution in [0.5, 0.6) is 0 Å². The molecule has 18 nitrogen and oxygen atoms in total. The summed E-state index contributed by atoms with van der Waals surface area (Å²) in [6.07, 6.45) is 14.0. The fourth-order valence-corrected chi connectivity index (χ4v) is 9.68. The van der Waals surface area contributed by atoms with Crippen molar-refractivity contribution in [3.05, 3.63) is 109 Å². The number of carbonyl (C=O) groups is 4. The summed E-state index contributed by atoms with van der Waals surface area (Å²) in [5, 5.41) is 5.48. The number of rotatable bonds is 13. The normalized spacial score (nSPS) is 20.0. The number of nitrogens with zero attached hydrogens (tertiary/aromatic N) is 8. The number of alkyl carbamates (subject to hydrolysis) is 2. The number of carbonyl (C=O) groups excluding carboxylic acids is 4. The quantitative estimate of drug-likeness (QED) is 0.118. The van der Waals surface area contributed by atoms with Gasteiger partial charge in [0.25, 0.3) is 0 Å². The van der Waals surface area contributed by atoms with Gasteiger partial charge in [-0.1, -0.05) is 48.5 Å². The molecule has 1 saturated carbocycles. The minimum atomic E-state index is -0.849. The number of hydrogen-bond acceptors (Lipinski definition) is 10. The molecule has 4 N–H and O–H groups in total. The van der Waals surface area contributed by atoms with Gasteiger partial charge in [-0.15, -0.1) is 0 Å². The Morgan fingerprint density at radius 1 is 0.688 bits per heavy atom. The number of benzene rings is 2. The topological polar surface area (TPSA) is 210 Å². The van der Waals surface area contributed by atoms with Gasteiger partial charge in [0.2, 0.25) is 11.8 Å². The van der Waals surface area contributed by atoms with Crippen LogP contribution in [0.2, 0.25) is 0 Å². The lowest BCUT2D eigenvalue weighted by Crippen LogP contribution is -2.53. The van der Waals surface area contributed by atoms with Crippen molar-refractivity contribution < 1.29 is 28.7 Å². The minimum absolute atomic E-state index is 0.0633. The lowest BCUT2D eigenvalue weighted by molar-refractivity contribution is -0.138. The van der Waals surface area contributed by atoms with Crippen molar-refractivity contribution in [3.8, 4) is 33.6 Å². The van der Waals surface area contributed by atoms with E-state index in [9.17, 15) is 19.2 Å². The standard InChI is InChI=1S/C46H52N12O6/c1-55-20-17-47-38(55)23-33(53-45(61)63-3)43(59)57-19-5-6-37(57)41-49-25-35(51-41)29-11-7-27(8-12-29)28-9-13-30(14-10-28)36-26-50-42(52-36)40-31-15-16-32(22-31)58(40)44(60)34(54-46(62)64-4)24-39-48-18-21-56(39)2/h7-14,17-18,20-21,25-26,31-34,37,40H,5-6,15-16,19,22-24H2,1-4H3,(H,49,51)(H,50,52)(H,53,61)(H,54,62)/t31-,32-,33-,34+,37-,40+/m0/s1. The molecule has 3 fully saturated rings. The van der Waals surface area contributed by atoms with Crippen LogP contribution in [0.1, 0.15) is 67.5 Å². The number of imidazole rings is 4. The predicted octanol–water partition coefficient (Wildman–Crippen LogP) is 5.25. The number of likely N-dealkylation sites (tertiary alicyclic amines) is 2. The summed E-state index contributed by atoms with van der Waals surface area (Å²) in [5.41, 5.74) is 5.70. The zero-order valence-electron chi connectivity index (χ0n) is 36.2. The van der Waals surface area contributed by atoms with E-state index in [1.165, 1.54) is 14.2 Å². The molecule has 2 aromatic carbocycles. The first-order chi connectivity index (χ1) is 31.1. The van der Waals surface area contributed by atoms with E-state index in [1.54, 1.807) is 29.7 Å². The molecule has 2 aliphatic heterocycles. The van der Waals surface area contributed by atoms with Crippen molar-refractivity contribution in [2.45, 2.75) is 75.2 Å². The largest absolute Gasteiger partial charge is 0.453 e. The maximum atomic E-state index is 14.3. The summed E-state index contributed by atoms with van der Waals surface area (Å²) in [5.74, 6) is 2.66. The van der Waals surface area contributed by atoms with Gasteiger partial charge in [-0.3, -0.25) is 9.59 Å². The molecular weight excluding hydrogens is 817 g/mol. The predicted molar refractivity (Wildman–Crippen MR) is 234 cm³/mol. The highest BCUT2D eigenvalue weighted by molar-refractivity contribution is 5.87. The number of aryl methyl sites for hydroxylation is 2. The van der Waals surface area contributed by atoms with Crippen molar-refractivity contribution in [3.63, 3.8) is 0 Å². The monoisotopic (exact) mass is 868 g/mol. The van der Waals surface area contributed by atoms with Gasteiger partial charge < -0.3 is 49.0 Å². The van der Waals surface area contributed by atoms with Gasteiger partial charge >= 0.3 is 12.2 Å². The van der Waals surface area contributed by atoms with Crippen LogP contribution in [0.25, 0.3) is 33.6 Å². The maximum Gasteiger partial charge on any atom is 0.407 e. The second-order valence-corrected chi connectivity index (χ2v) is 16.8. The van der Waals surface area contributed by atoms with Gasteiger partial charge in [-0.25, -0.2) is 29.5 Å². The molecule has 2 bridgehead atoms. The van der Waals surface area contributed by atoms with Gasteiger partial charge in [0, 0.05) is 64.3 Å². The number of ether oxygens (including phenoxy) is 2. The van der Waals surface area contributed by atoms with Crippen LogP contribution in [0.3, 0.4) is 0 Å². The van der Waals surface area contributed by atoms with Crippen LogP contribution in [0.15, 0.2) is 85.7 Å². The number of methoxy groups -OCH3 is 2. The summed E-state index contributed by atoms with van der Waals surface area (Å²) >= 11 is 0. The molecule has 6 aromatic rings. The van der Waals surface area contributed by atoms with Crippen molar-refractivity contribution in [2.24, 2.45) is 20.0 Å². The second-order valence-electron chi connectivity index (χ2n) is 16.8. The molecule has 64 heavy (non-hydrogen) atoms. The van der Waals surface area contributed by atoms with E-state index in [4.69, 9.17) is 19.4 Å². The summed E-state index contributed by atoms with van der Waals surface area (Å²) in [6, 6.07) is 14.4. The highest BCUT2D eigenvalue weighted by Crippen LogP contribution is 2.50. The Balaban J connectivity index is 0.865. The lowest BCUT2D eigenvalue weighted by atomic mass is 9.97. The van der Waals surface area contributed by atoms with Crippen molar-refractivity contribution in [2.75, 3.05) is 20.8 Å². The average molecular weight is 869 g/mol. The fraction of sp³-hybridized carbons (Fsp3) is 0.391. The van der Waals surface area contributed by atoms with Gasteiger partial charge in [0.1, 0.15) is 35.4 Å². The Morgan fingerprint density at radius 3 is 1.73 bits per heavy atom. The van der Waals surface area contributed by atoms with Crippen molar-refractivity contribution >= 4 is 24.0 Å². The Labute approximate surface area is 369 Å². The van der Waals surface area contributed by atoms with Crippen LogP contribution in [-0.4, -0.2) is 112 Å². The zero-order chi connectivity index (χ0) is 44.5. The smallest absolute Gasteiger partial charge is 0.407 e. The molecular formula is C46H52N12O6. The molecule has 0 radical (unpaired) electrons. The third-order valence-electron chi connectivity index (χ3n) is 13.1. The van der Waals surface area contributed by atoms with Gasteiger partial charge in [-0.05, 0) is 60.3 Å². The highest BCUT2D eigenvalue weighted by Gasteiger charge is 2.51. The van der Waals surface area contributed by atoms with Gasteiger partial charge in [0.15, 0.2) is 0 Å². The number of hydrogen-bond donors (Lipinski definition) is 4. The molecule has 6 atom stereocenters. The first kappa shape index (κ1) is 42.1. The molecule has 0 spiro atoms. The van der Waals surface area contributed by atoms with E-state index in [0.29, 0.717) is 24.0 Å². The number of H-pyrrole nitrogens is 2. The van der Waals surface area contributed by atoms with Crippen molar-refractivity contribution in [1.82, 2.24) is 59.5 Å². The summed E-state index contributed by atoms with van der Waals surface area (Å²) in [7, 11) is 6.28. The Bertz CT molecular complexity index is 2630. The van der Waals surface area contributed by atoms with E-state index in [0.717, 1.165) is 71.6 Å². The Hall–Kier alpha value is -7.24. The molecule has 3 aliphatic rings. The molecule has 6 heterocycles. The lowest BCUT2D eigenvalue weighted by Gasteiger charge is -2.36. The maximum absolute atomic E-state index is 14.3. The summed E-state index contributed by atoms with van der Waals surface area (Å²) in [4.78, 5) is 81.9. The van der Waals surface area contributed by atoms with E-state index >= 15 is 0 Å². The molecule has 2 saturated heterocycles. The Kier molecular flexibility index (Phi) is 11.7. The summed E-state index contributed by atoms with van der Waals surface area (Å²) < 4.78 is 13.4. The van der Waals surface area contributed by atoms with Crippen LogP contribution in [0.4, 0.5) is 9.59 Å². The Morgan fingerprint density at radius 2 is 1.20 bits per heavy atom. The molecule has 4 amide bonds. The second kappa shape index (κ2) is 17.9. The van der Waals surface area contributed by atoms with Crippen LogP contribution >= 0.6 is 0 Å². The fourth-order valence-electron chi connectivity index (χ4n) is 9.68. The molecule has 332 valence electrons. The van der Waals surface area contributed by atoms with Crippen LogP contribution < -0.4 is 10.6 Å². The molecule has 4 aromatic heterocycles. The summed E-state index contributed by atoms with van der Waals surface area (Å²) in [6.45, 7) is 0.543. The molecule has 0 unspecified atom stereocenters. The number of aromatic nitrogens is 8. The van der Waals surface area contributed by atoms with Gasteiger partial charge in [0.05, 0.1) is 50.1 Å². The van der Waals surface area contributed by atoms with Crippen LogP contribution in [0, 0.1) is 5.92 Å².